The topological polar surface area (TPSA) is 207 Å². The summed E-state index contributed by atoms with van der Waals surface area (Å²) >= 11 is 0. The standard InChI is InChI=1S/C46H80O12/c1-11-16-33-18-15-13-14-17-28(5)43(53)45(10,55)44(54)41(52)40(51)31(8)39(50)30(7)38(49)27(4)19-22-37(48)56-42-29(6)35(21-20-33)57-46(32(42)9)24-23-26(3)36(58-46)25-34(47)12-2/h13-15,18-19,22,26-36,38-44,47,49-55H,11-12,16-17,20-21,23-25H2,1-10H3. The first-order valence-electron chi connectivity index (χ1n) is 22.2. The predicted octanol–water partition coefficient (Wildman–Crippen LogP) is 4.97. The molecule has 58 heavy (non-hydrogen) atoms. The largest absolute Gasteiger partial charge is 0.458 e. The van der Waals surface area contributed by atoms with Crippen LogP contribution in [-0.2, 0) is 19.0 Å². The van der Waals surface area contributed by atoms with Gasteiger partial charge in [-0.25, -0.2) is 4.79 Å². The van der Waals surface area contributed by atoms with E-state index in [1.54, 1.807) is 20.8 Å². The van der Waals surface area contributed by atoms with Crippen LogP contribution in [0.25, 0.3) is 0 Å². The average molecular weight is 825 g/mol. The molecule has 0 aromatic carbocycles. The first-order chi connectivity index (χ1) is 27.1. The van der Waals surface area contributed by atoms with Crippen molar-refractivity contribution < 1.29 is 59.9 Å². The van der Waals surface area contributed by atoms with Crippen molar-refractivity contribution in [2.75, 3.05) is 0 Å². The monoisotopic (exact) mass is 825 g/mol. The van der Waals surface area contributed by atoms with Gasteiger partial charge in [0.1, 0.15) is 23.9 Å². The Balaban J connectivity index is 2.00. The number of carbonyl (C=O) groups is 1. The van der Waals surface area contributed by atoms with Crippen molar-refractivity contribution in [1.29, 1.82) is 0 Å². The van der Waals surface area contributed by atoms with Gasteiger partial charge in [-0.3, -0.25) is 0 Å². The van der Waals surface area contributed by atoms with Gasteiger partial charge in [-0.2, -0.15) is 0 Å². The van der Waals surface area contributed by atoms with Crippen molar-refractivity contribution >= 4 is 5.97 Å². The van der Waals surface area contributed by atoms with Crippen LogP contribution < -0.4 is 0 Å². The van der Waals surface area contributed by atoms with Crippen LogP contribution in [-0.4, -0.2) is 119 Å². The number of esters is 1. The number of aliphatic hydroxyl groups excluding tert-OH is 7. The molecule has 3 aliphatic rings. The first kappa shape index (κ1) is 50.6. The Labute approximate surface area is 348 Å². The van der Waals surface area contributed by atoms with Crippen molar-refractivity contribution in [3.63, 3.8) is 0 Å². The quantitative estimate of drug-likeness (QED) is 0.173. The molecule has 0 saturated carbocycles. The molecule has 3 aliphatic heterocycles. The fraction of sp³-hybridized carbons (Fsp3) is 0.848. The number of aliphatic hydroxyl groups is 8. The molecule has 0 aliphatic carbocycles. The van der Waals surface area contributed by atoms with E-state index >= 15 is 0 Å². The van der Waals surface area contributed by atoms with E-state index in [2.05, 4.69) is 26.8 Å². The normalized spacial score (nSPS) is 46.4. The number of hydrogen-bond acceptors (Lipinski definition) is 12. The van der Waals surface area contributed by atoms with E-state index in [0.29, 0.717) is 32.1 Å². The van der Waals surface area contributed by atoms with Crippen LogP contribution in [0.15, 0.2) is 36.5 Å². The summed E-state index contributed by atoms with van der Waals surface area (Å²) in [6, 6.07) is 0. The van der Waals surface area contributed by atoms with Crippen LogP contribution in [0, 0.1) is 47.3 Å². The van der Waals surface area contributed by atoms with Gasteiger partial charge in [0.25, 0.3) is 0 Å². The minimum Gasteiger partial charge on any atom is -0.458 e. The van der Waals surface area contributed by atoms with Crippen LogP contribution in [0.3, 0.4) is 0 Å². The molecule has 0 aromatic heterocycles. The fourth-order valence-electron chi connectivity index (χ4n) is 9.38. The van der Waals surface area contributed by atoms with Crippen molar-refractivity contribution in [2.45, 2.75) is 199 Å². The maximum Gasteiger partial charge on any atom is 0.330 e. The number of hydrogen-bond donors (Lipinski definition) is 8. The van der Waals surface area contributed by atoms with E-state index < -0.39 is 89.9 Å². The van der Waals surface area contributed by atoms with Crippen LogP contribution in [0.5, 0.6) is 0 Å². The number of rotatable bonds is 5. The molecule has 3 rings (SSSR count). The molecule has 8 N–H and O–H groups in total. The van der Waals surface area contributed by atoms with Gasteiger partial charge in [0.2, 0.25) is 0 Å². The molecule has 2 bridgehead atoms. The van der Waals surface area contributed by atoms with Crippen LogP contribution >= 0.6 is 0 Å². The molecule has 0 radical (unpaired) electrons. The zero-order chi connectivity index (χ0) is 43.7. The van der Waals surface area contributed by atoms with E-state index in [0.717, 1.165) is 25.7 Å². The third kappa shape index (κ3) is 12.4. The third-order valence-electron chi connectivity index (χ3n) is 14.1. The maximum absolute atomic E-state index is 13.6. The molecule has 0 aromatic rings. The molecule has 0 amide bonds. The van der Waals surface area contributed by atoms with Gasteiger partial charge < -0.3 is 55.1 Å². The summed E-state index contributed by atoms with van der Waals surface area (Å²) in [6.07, 6.45) is 5.86. The Morgan fingerprint density at radius 1 is 0.776 bits per heavy atom. The highest BCUT2D eigenvalue weighted by Gasteiger charge is 2.56. The molecule has 2 fully saturated rings. The Morgan fingerprint density at radius 2 is 1.43 bits per heavy atom. The summed E-state index contributed by atoms with van der Waals surface area (Å²) in [5.74, 6) is -4.74. The van der Waals surface area contributed by atoms with Crippen LogP contribution in [0.1, 0.15) is 127 Å². The van der Waals surface area contributed by atoms with Crippen molar-refractivity contribution in [3.8, 4) is 0 Å². The molecular weight excluding hydrogens is 744 g/mol. The molecule has 12 nitrogen and oxygen atoms in total. The van der Waals surface area contributed by atoms with Gasteiger partial charge >= 0.3 is 5.97 Å². The predicted molar refractivity (Wildman–Crippen MR) is 223 cm³/mol. The minimum atomic E-state index is -2.21. The zero-order valence-corrected chi connectivity index (χ0v) is 36.9. The van der Waals surface area contributed by atoms with Gasteiger partial charge in [-0.05, 0) is 69.6 Å². The van der Waals surface area contributed by atoms with Crippen LogP contribution in [0.4, 0.5) is 0 Å². The number of ether oxygens (including phenoxy) is 3. The SMILES string of the molecule is CCCC1C=CC=CCC(C)C(O)C(C)(O)C(O)C(O)C(O)C(C)C(O)C(C)C(O)C(C)C=CC(=O)OC2C(C)C(CC1)OC1(CCC(C)C(CC(O)CC)O1)C2C. The summed E-state index contributed by atoms with van der Waals surface area (Å²) in [6.45, 7) is 17.9. The van der Waals surface area contributed by atoms with Gasteiger partial charge in [-0.1, -0.05) is 99.1 Å². The molecule has 3 heterocycles. The van der Waals surface area contributed by atoms with E-state index in [9.17, 15) is 45.6 Å². The summed E-state index contributed by atoms with van der Waals surface area (Å²) in [5, 5.41) is 88.5. The Hall–Kier alpha value is -1.71. The van der Waals surface area contributed by atoms with E-state index in [-0.39, 0.29) is 35.9 Å². The molecule has 20 unspecified atom stereocenters. The molecular formula is C46H80O12. The van der Waals surface area contributed by atoms with Crippen molar-refractivity contribution in [3.05, 3.63) is 36.5 Å². The highest BCUT2D eigenvalue weighted by Crippen LogP contribution is 2.49. The van der Waals surface area contributed by atoms with E-state index in [1.807, 2.05) is 32.1 Å². The summed E-state index contributed by atoms with van der Waals surface area (Å²) in [4.78, 5) is 13.6. The lowest BCUT2D eigenvalue weighted by molar-refractivity contribution is -0.371. The minimum absolute atomic E-state index is 0.171. The van der Waals surface area contributed by atoms with Gasteiger partial charge in [0, 0.05) is 42.1 Å². The first-order valence-corrected chi connectivity index (χ1v) is 22.2. The summed E-state index contributed by atoms with van der Waals surface area (Å²) < 4.78 is 20.2. The van der Waals surface area contributed by atoms with E-state index in [1.165, 1.54) is 26.0 Å². The number of carbonyl (C=O) groups excluding carboxylic acids is 1. The second kappa shape index (κ2) is 22.4. The fourth-order valence-corrected chi connectivity index (χ4v) is 9.38. The van der Waals surface area contributed by atoms with Crippen molar-refractivity contribution in [2.24, 2.45) is 47.3 Å². The number of allylic oxidation sites excluding steroid dienone is 4. The summed E-state index contributed by atoms with van der Waals surface area (Å²) in [7, 11) is 0. The third-order valence-corrected chi connectivity index (χ3v) is 14.1. The lowest BCUT2D eigenvalue weighted by Crippen LogP contribution is -2.62. The zero-order valence-electron chi connectivity index (χ0n) is 36.9. The second-order valence-electron chi connectivity index (χ2n) is 18.7. The smallest absolute Gasteiger partial charge is 0.330 e. The van der Waals surface area contributed by atoms with Crippen LogP contribution in [0.2, 0.25) is 0 Å². The lowest BCUT2D eigenvalue weighted by atomic mass is 9.74. The maximum atomic E-state index is 13.6. The Kier molecular flexibility index (Phi) is 19.6. The van der Waals surface area contributed by atoms with Gasteiger partial charge in [0.05, 0.1) is 42.7 Å². The summed E-state index contributed by atoms with van der Waals surface area (Å²) in [5.41, 5.74) is -2.21. The van der Waals surface area contributed by atoms with E-state index in [4.69, 9.17) is 14.2 Å². The van der Waals surface area contributed by atoms with Gasteiger partial charge in [-0.15, -0.1) is 0 Å². The molecule has 2 saturated heterocycles. The molecule has 336 valence electrons. The highest BCUT2D eigenvalue weighted by atomic mass is 16.7. The second-order valence-corrected chi connectivity index (χ2v) is 18.7. The molecule has 12 heteroatoms. The average Bonchev–Trinajstić information content (AvgIpc) is 3.20. The van der Waals surface area contributed by atoms with Crippen molar-refractivity contribution in [1.82, 2.24) is 0 Å². The lowest BCUT2D eigenvalue weighted by Gasteiger charge is -2.55. The van der Waals surface area contributed by atoms with Gasteiger partial charge in [0.15, 0.2) is 5.79 Å². The Bertz CT molecular complexity index is 1340. The molecule has 20 atom stereocenters. The molecule has 1 spiro atoms. The Morgan fingerprint density at radius 3 is 2.07 bits per heavy atom. The highest BCUT2D eigenvalue weighted by molar-refractivity contribution is 5.82. The number of fused-ring (bicyclic) bond motifs is 2.